The van der Waals surface area contributed by atoms with Gasteiger partial charge in [-0.05, 0) is 56.6 Å². The summed E-state index contributed by atoms with van der Waals surface area (Å²) < 4.78 is 0.936. The summed E-state index contributed by atoms with van der Waals surface area (Å²) in [5.41, 5.74) is 0.604. The van der Waals surface area contributed by atoms with Gasteiger partial charge in [-0.3, -0.25) is 9.59 Å². The molecule has 2 amide bonds. The molecule has 1 heterocycles. The zero-order valence-corrected chi connectivity index (χ0v) is 15.1. The van der Waals surface area contributed by atoms with E-state index in [1.54, 1.807) is 12.1 Å². The van der Waals surface area contributed by atoms with Gasteiger partial charge in [0.05, 0.1) is 0 Å². The molecule has 1 aliphatic rings. The quantitative estimate of drug-likeness (QED) is 0.792. The number of rotatable bonds is 6. The lowest BCUT2D eigenvalue weighted by Gasteiger charge is -2.32. The fraction of sp³-hybridized carbons (Fsp3) is 0.529. The van der Waals surface area contributed by atoms with E-state index in [9.17, 15) is 9.59 Å². The number of hydrogen-bond donors (Lipinski definition) is 2. The van der Waals surface area contributed by atoms with E-state index in [0.717, 1.165) is 30.5 Å². The number of piperidine rings is 1. The molecule has 1 saturated heterocycles. The van der Waals surface area contributed by atoms with Crippen molar-refractivity contribution in [1.82, 2.24) is 15.5 Å². The monoisotopic (exact) mass is 381 g/mol. The van der Waals surface area contributed by atoms with Gasteiger partial charge < -0.3 is 15.5 Å². The van der Waals surface area contributed by atoms with Crippen molar-refractivity contribution in [1.29, 1.82) is 0 Å². The van der Waals surface area contributed by atoms with E-state index in [2.05, 4.69) is 26.6 Å². The third-order valence-corrected chi connectivity index (χ3v) is 4.62. The van der Waals surface area contributed by atoms with Crippen LogP contribution in [-0.2, 0) is 4.79 Å². The van der Waals surface area contributed by atoms with Gasteiger partial charge in [-0.2, -0.15) is 0 Å². The largest absolute Gasteiger partial charge is 0.352 e. The molecular weight excluding hydrogens is 358 g/mol. The van der Waals surface area contributed by atoms with Gasteiger partial charge in [0, 0.05) is 36.1 Å². The standard InChI is InChI=1S/C17H24BrN3O2/c1-19-11-13-3-2-10-21(12-13)16(22)8-9-20-17(23)14-4-6-15(18)7-5-14/h4-7,13,19H,2-3,8-12H2,1H3,(H,20,23). The topological polar surface area (TPSA) is 61.4 Å². The van der Waals surface area contributed by atoms with Crippen LogP contribution in [0.3, 0.4) is 0 Å². The lowest BCUT2D eigenvalue weighted by atomic mass is 9.98. The molecule has 23 heavy (non-hydrogen) atoms. The minimum absolute atomic E-state index is 0.127. The summed E-state index contributed by atoms with van der Waals surface area (Å²) >= 11 is 3.34. The van der Waals surface area contributed by atoms with E-state index in [-0.39, 0.29) is 11.8 Å². The molecule has 0 radical (unpaired) electrons. The highest BCUT2D eigenvalue weighted by Gasteiger charge is 2.22. The summed E-state index contributed by atoms with van der Waals surface area (Å²) in [4.78, 5) is 26.2. The minimum Gasteiger partial charge on any atom is -0.352 e. The molecule has 1 atom stereocenters. The summed E-state index contributed by atoms with van der Waals surface area (Å²) in [6.45, 7) is 2.98. The number of hydrogen-bond acceptors (Lipinski definition) is 3. The number of carbonyl (C=O) groups excluding carboxylic acids is 2. The zero-order chi connectivity index (χ0) is 16.7. The van der Waals surface area contributed by atoms with Gasteiger partial charge in [0.25, 0.3) is 5.91 Å². The number of benzene rings is 1. The van der Waals surface area contributed by atoms with Crippen molar-refractivity contribution in [3.8, 4) is 0 Å². The van der Waals surface area contributed by atoms with Crippen molar-refractivity contribution < 1.29 is 9.59 Å². The maximum atomic E-state index is 12.3. The van der Waals surface area contributed by atoms with Crippen LogP contribution in [0, 0.1) is 5.92 Å². The molecule has 0 bridgehead atoms. The van der Waals surface area contributed by atoms with Gasteiger partial charge in [0.1, 0.15) is 0 Å². The lowest BCUT2D eigenvalue weighted by Crippen LogP contribution is -2.43. The number of likely N-dealkylation sites (tertiary alicyclic amines) is 1. The van der Waals surface area contributed by atoms with Crippen LogP contribution in [0.25, 0.3) is 0 Å². The van der Waals surface area contributed by atoms with E-state index in [1.807, 2.05) is 24.1 Å². The van der Waals surface area contributed by atoms with Crippen LogP contribution in [0.5, 0.6) is 0 Å². The van der Waals surface area contributed by atoms with Crippen molar-refractivity contribution in [3.63, 3.8) is 0 Å². The molecule has 0 aliphatic carbocycles. The Kier molecular flexibility index (Phi) is 7.05. The van der Waals surface area contributed by atoms with E-state index in [1.165, 1.54) is 6.42 Å². The predicted octanol–water partition coefficient (Wildman–Crippen LogP) is 2.03. The van der Waals surface area contributed by atoms with E-state index in [4.69, 9.17) is 0 Å². The number of nitrogens with one attached hydrogen (secondary N) is 2. The maximum absolute atomic E-state index is 12.3. The normalized spacial score (nSPS) is 17.8. The molecule has 2 N–H and O–H groups in total. The SMILES string of the molecule is CNCC1CCCN(C(=O)CCNC(=O)c2ccc(Br)cc2)C1. The van der Waals surface area contributed by atoms with Crippen molar-refractivity contribution in [3.05, 3.63) is 34.3 Å². The summed E-state index contributed by atoms with van der Waals surface area (Å²) in [5, 5.41) is 5.99. The minimum atomic E-state index is -0.142. The molecule has 6 heteroatoms. The third kappa shape index (κ3) is 5.62. The van der Waals surface area contributed by atoms with Crippen LogP contribution in [0.1, 0.15) is 29.6 Å². The second-order valence-corrected chi connectivity index (χ2v) is 6.83. The second kappa shape index (κ2) is 9.03. The molecule has 0 spiro atoms. The summed E-state index contributed by atoms with van der Waals surface area (Å²) in [7, 11) is 1.94. The Morgan fingerprint density at radius 2 is 2.04 bits per heavy atom. The smallest absolute Gasteiger partial charge is 0.251 e. The summed E-state index contributed by atoms with van der Waals surface area (Å²) in [6.07, 6.45) is 2.59. The van der Waals surface area contributed by atoms with Gasteiger partial charge >= 0.3 is 0 Å². The Morgan fingerprint density at radius 3 is 2.74 bits per heavy atom. The first-order chi connectivity index (χ1) is 11.1. The average molecular weight is 382 g/mol. The van der Waals surface area contributed by atoms with Gasteiger partial charge in [-0.15, -0.1) is 0 Å². The Bertz CT molecular complexity index is 531. The van der Waals surface area contributed by atoms with Crippen LogP contribution in [0.2, 0.25) is 0 Å². The van der Waals surface area contributed by atoms with Gasteiger partial charge in [0.2, 0.25) is 5.91 Å². The Balaban J connectivity index is 1.73. The van der Waals surface area contributed by atoms with Crippen molar-refractivity contribution >= 4 is 27.7 Å². The predicted molar refractivity (Wildman–Crippen MR) is 94.3 cm³/mol. The highest BCUT2D eigenvalue weighted by atomic mass is 79.9. The maximum Gasteiger partial charge on any atom is 0.251 e. The summed E-state index contributed by atoms with van der Waals surface area (Å²) in [6, 6.07) is 7.17. The van der Waals surface area contributed by atoms with Crippen LogP contribution in [0.4, 0.5) is 0 Å². The molecule has 2 rings (SSSR count). The van der Waals surface area contributed by atoms with E-state index in [0.29, 0.717) is 24.4 Å². The first kappa shape index (κ1) is 17.9. The molecule has 126 valence electrons. The number of halogens is 1. The fourth-order valence-electron chi connectivity index (χ4n) is 2.89. The summed E-state index contributed by atoms with van der Waals surface area (Å²) in [5.74, 6) is 0.522. The molecular formula is C17H24BrN3O2. The molecule has 1 aromatic rings. The van der Waals surface area contributed by atoms with E-state index >= 15 is 0 Å². The van der Waals surface area contributed by atoms with Gasteiger partial charge in [-0.1, -0.05) is 15.9 Å². The zero-order valence-electron chi connectivity index (χ0n) is 13.5. The number of nitrogens with zero attached hydrogens (tertiary/aromatic N) is 1. The van der Waals surface area contributed by atoms with Crippen LogP contribution in [0.15, 0.2) is 28.7 Å². The van der Waals surface area contributed by atoms with Crippen molar-refractivity contribution in [2.45, 2.75) is 19.3 Å². The highest BCUT2D eigenvalue weighted by Crippen LogP contribution is 2.16. The molecule has 1 unspecified atom stereocenters. The Labute approximate surface area is 145 Å². The first-order valence-electron chi connectivity index (χ1n) is 8.06. The van der Waals surface area contributed by atoms with Crippen molar-refractivity contribution in [2.75, 3.05) is 33.2 Å². The molecule has 1 fully saturated rings. The van der Waals surface area contributed by atoms with E-state index < -0.39 is 0 Å². The number of amides is 2. The van der Waals surface area contributed by atoms with Crippen LogP contribution in [-0.4, -0.2) is 49.9 Å². The molecule has 0 saturated carbocycles. The molecule has 1 aromatic carbocycles. The van der Waals surface area contributed by atoms with Crippen LogP contribution >= 0.6 is 15.9 Å². The van der Waals surface area contributed by atoms with Gasteiger partial charge in [0.15, 0.2) is 0 Å². The van der Waals surface area contributed by atoms with Crippen LogP contribution < -0.4 is 10.6 Å². The molecule has 5 nitrogen and oxygen atoms in total. The Morgan fingerprint density at radius 1 is 1.30 bits per heavy atom. The second-order valence-electron chi connectivity index (χ2n) is 5.92. The third-order valence-electron chi connectivity index (χ3n) is 4.10. The van der Waals surface area contributed by atoms with Gasteiger partial charge in [-0.25, -0.2) is 0 Å². The van der Waals surface area contributed by atoms with Crippen molar-refractivity contribution in [2.24, 2.45) is 5.92 Å². The molecule has 0 aromatic heterocycles. The fourth-order valence-corrected chi connectivity index (χ4v) is 3.16. The molecule has 1 aliphatic heterocycles. The average Bonchev–Trinajstić information content (AvgIpc) is 2.56. The number of carbonyl (C=O) groups is 2. The Hall–Kier alpha value is -1.40. The highest BCUT2D eigenvalue weighted by molar-refractivity contribution is 9.10. The lowest BCUT2D eigenvalue weighted by molar-refractivity contribution is -0.132. The first-order valence-corrected chi connectivity index (χ1v) is 8.85.